The third-order valence-corrected chi connectivity index (χ3v) is 5.81. The van der Waals surface area contributed by atoms with Gasteiger partial charge >= 0.3 is 0 Å². The molecule has 0 atom stereocenters. The van der Waals surface area contributed by atoms with Gasteiger partial charge in [0.1, 0.15) is 35.7 Å². The van der Waals surface area contributed by atoms with Crippen molar-refractivity contribution in [3.63, 3.8) is 0 Å². The zero-order chi connectivity index (χ0) is 23.5. The summed E-state index contributed by atoms with van der Waals surface area (Å²) in [5.74, 6) is -0.520. The van der Waals surface area contributed by atoms with Gasteiger partial charge in [-0.25, -0.2) is 14.4 Å². The molecule has 2 aromatic heterocycles. The Hall–Kier alpha value is -3.53. The van der Waals surface area contributed by atoms with E-state index in [0.29, 0.717) is 71.8 Å². The van der Waals surface area contributed by atoms with Crippen LogP contribution in [0.5, 0.6) is 5.75 Å². The minimum atomic E-state index is -0.510. The lowest BCUT2D eigenvalue weighted by atomic mass is 10.0. The Balaban J connectivity index is 1.62. The second kappa shape index (κ2) is 9.53. The lowest BCUT2D eigenvalue weighted by Gasteiger charge is -2.32. The minimum absolute atomic E-state index is 0.0984. The molecule has 1 aromatic carbocycles. The number of fused-ring (bicyclic) bond motifs is 1. The number of nitrogens with zero attached hydrogens (tertiary/aromatic N) is 3. The quantitative estimate of drug-likeness (QED) is 0.524. The summed E-state index contributed by atoms with van der Waals surface area (Å²) in [6, 6.07) is 4.13. The molecule has 2 amide bonds. The number of H-pyrrole nitrogens is 1. The number of aliphatic hydroxyl groups excluding tert-OH is 1. The van der Waals surface area contributed by atoms with Gasteiger partial charge in [-0.05, 0) is 44.9 Å². The maximum Gasteiger partial charge on any atom is 0.255 e. The number of rotatable bonds is 6. The summed E-state index contributed by atoms with van der Waals surface area (Å²) >= 11 is 0. The van der Waals surface area contributed by atoms with Crippen LogP contribution in [-0.4, -0.2) is 69.1 Å². The first kappa shape index (κ1) is 22.7. The number of carbonyl (C=O) groups is 2. The topological polar surface area (TPSA) is 120 Å². The van der Waals surface area contributed by atoms with E-state index in [9.17, 15) is 14.0 Å². The van der Waals surface area contributed by atoms with Crippen LogP contribution in [0.1, 0.15) is 35.8 Å². The van der Waals surface area contributed by atoms with Gasteiger partial charge in [-0.15, -0.1) is 0 Å². The van der Waals surface area contributed by atoms with E-state index >= 15 is 0 Å². The Morgan fingerprint density at radius 2 is 2.06 bits per heavy atom. The maximum absolute atomic E-state index is 14.0. The number of aliphatic hydroxyl groups is 1. The fourth-order valence-electron chi connectivity index (χ4n) is 4.20. The van der Waals surface area contributed by atoms with Gasteiger partial charge in [0, 0.05) is 30.4 Å². The van der Waals surface area contributed by atoms with E-state index in [1.165, 1.54) is 18.5 Å². The Labute approximate surface area is 190 Å². The molecule has 1 fully saturated rings. The van der Waals surface area contributed by atoms with Crippen molar-refractivity contribution in [3.05, 3.63) is 41.6 Å². The average molecular weight is 455 g/mol. The van der Waals surface area contributed by atoms with Gasteiger partial charge in [0.15, 0.2) is 0 Å². The maximum atomic E-state index is 14.0. The van der Waals surface area contributed by atoms with Gasteiger partial charge in [0.05, 0.1) is 17.7 Å². The highest BCUT2D eigenvalue weighted by Gasteiger charge is 2.27. The number of aromatic nitrogens is 3. The van der Waals surface area contributed by atoms with E-state index in [1.54, 1.807) is 17.9 Å². The van der Waals surface area contributed by atoms with Crippen LogP contribution in [-0.2, 0) is 4.79 Å². The van der Waals surface area contributed by atoms with E-state index < -0.39 is 12.4 Å². The van der Waals surface area contributed by atoms with Gasteiger partial charge in [-0.2, -0.15) is 0 Å². The molecule has 0 radical (unpaired) electrons. The van der Waals surface area contributed by atoms with E-state index in [1.807, 2.05) is 6.92 Å². The highest BCUT2D eigenvalue weighted by Crippen LogP contribution is 2.34. The van der Waals surface area contributed by atoms with Crippen LogP contribution in [0, 0.1) is 12.7 Å². The predicted molar refractivity (Wildman–Crippen MR) is 119 cm³/mol. The summed E-state index contributed by atoms with van der Waals surface area (Å²) in [5, 5.41) is 12.0. The number of benzene rings is 1. The number of ether oxygens (including phenoxy) is 1. The van der Waals surface area contributed by atoms with Crippen molar-refractivity contribution in [3.8, 4) is 17.0 Å². The normalized spacial score (nSPS) is 14.5. The predicted octanol–water partition coefficient (Wildman–Crippen LogP) is 2.18. The van der Waals surface area contributed by atoms with Crippen LogP contribution < -0.4 is 10.1 Å². The number of likely N-dealkylation sites (tertiary alicyclic amines) is 1. The Bertz CT molecular complexity index is 1190. The van der Waals surface area contributed by atoms with Crippen LogP contribution in [0.25, 0.3) is 22.3 Å². The van der Waals surface area contributed by atoms with Crippen LogP contribution in [0.4, 0.5) is 4.39 Å². The second-order valence-corrected chi connectivity index (χ2v) is 7.93. The molecule has 10 heteroatoms. The van der Waals surface area contributed by atoms with Crippen molar-refractivity contribution in [2.45, 2.75) is 32.7 Å². The molecule has 3 heterocycles. The highest BCUT2D eigenvalue weighted by atomic mass is 19.1. The summed E-state index contributed by atoms with van der Waals surface area (Å²) in [7, 11) is 0. The van der Waals surface area contributed by atoms with Gasteiger partial charge < -0.3 is 25.0 Å². The zero-order valence-corrected chi connectivity index (χ0v) is 18.5. The van der Waals surface area contributed by atoms with E-state index in [-0.39, 0.29) is 17.9 Å². The minimum Gasteiger partial charge on any atom is -0.493 e. The summed E-state index contributed by atoms with van der Waals surface area (Å²) < 4.78 is 19.7. The molecule has 33 heavy (non-hydrogen) atoms. The Morgan fingerprint density at radius 1 is 1.30 bits per heavy atom. The smallest absolute Gasteiger partial charge is 0.255 e. The number of amides is 2. The number of halogens is 1. The number of hydrogen-bond acceptors (Lipinski definition) is 6. The molecule has 0 aliphatic carbocycles. The van der Waals surface area contributed by atoms with Crippen molar-refractivity contribution >= 4 is 22.8 Å². The molecule has 1 aliphatic rings. The molecule has 1 aliphatic heterocycles. The van der Waals surface area contributed by atoms with Gasteiger partial charge in [-0.3, -0.25) is 9.59 Å². The van der Waals surface area contributed by atoms with E-state index in [0.717, 1.165) is 0 Å². The standard InChI is InChI=1S/C23H26FN5O4/c1-3-33-17-5-4-14(24)10-16(17)20-22-21(26-12-25-20)19(13(2)27-22)23(32)28-15-6-8-29(9-7-15)18(31)11-30/h4-5,10,12,15,27,30H,3,6-9,11H2,1-2H3,(H,28,32). The fraction of sp³-hybridized carbons (Fsp3) is 0.391. The number of aryl methyl sites for hydroxylation is 1. The third-order valence-electron chi connectivity index (χ3n) is 5.81. The van der Waals surface area contributed by atoms with Crippen molar-refractivity contribution < 1.29 is 23.8 Å². The molecule has 1 saturated heterocycles. The second-order valence-electron chi connectivity index (χ2n) is 7.93. The van der Waals surface area contributed by atoms with Crippen LogP contribution in [0.3, 0.4) is 0 Å². The largest absolute Gasteiger partial charge is 0.493 e. The van der Waals surface area contributed by atoms with Gasteiger partial charge in [0.2, 0.25) is 5.91 Å². The highest BCUT2D eigenvalue weighted by molar-refractivity contribution is 6.09. The molecule has 174 valence electrons. The fourth-order valence-corrected chi connectivity index (χ4v) is 4.20. The molecule has 0 bridgehead atoms. The van der Waals surface area contributed by atoms with Gasteiger partial charge in [-0.1, -0.05) is 0 Å². The summed E-state index contributed by atoms with van der Waals surface area (Å²) in [5.41, 5.74) is 2.90. The van der Waals surface area contributed by atoms with Crippen LogP contribution in [0.15, 0.2) is 24.5 Å². The first-order valence-electron chi connectivity index (χ1n) is 10.9. The number of nitrogens with one attached hydrogen (secondary N) is 2. The summed E-state index contributed by atoms with van der Waals surface area (Å²) in [6.07, 6.45) is 2.54. The van der Waals surface area contributed by atoms with Crippen molar-refractivity contribution in [1.29, 1.82) is 0 Å². The molecule has 0 unspecified atom stereocenters. The number of aromatic amines is 1. The van der Waals surface area contributed by atoms with E-state index in [2.05, 4.69) is 20.3 Å². The van der Waals surface area contributed by atoms with E-state index in [4.69, 9.17) is 9.84 Å². The Morgan fingerprint density at radius 3 is 2.76 bits per heavy atom. The number of piperidine rings is 1. The number of carbonyl (C=O) groups excluding carboxylic acids is 2. The Kier molecular flexibility index (Phi) is 6.55. The van der Waals surface area contributed by atoms with Crippen molar-refractivity contribution in [2.24, 2.45) is 0 Å². The first-order chi connectivity index (χ1) is 15.9. The molecule has 0 saturated carbocycles. The molecular formula is C23H26FN5O4. The average Bonchev–Trinajstić information content (AvgIpc) is 3.16. The van der Waals surface area contributed by atoms with Crippen molar-refractivity contribution in [1.82, 2.24) is 25.2 Å². The lowest BCUT2D eigenvalue weighted by molar-refractivity contribution is -0.135. The van der Waals surface area contributed by atoms with Crippen LogP contribution >= 0.6 is 0 Å². The molecule has 0 spiro atoms. The zero-order valence-electron chi connectivity index (χ0n) is 18.5. The monoisotopic (exact) mass is 455 g/mol. The molecule has 9 nitrogen and oxygen atoms in total. The summed E-state index contributed by atoms with van der Waals surface area (Å²) in [6.45, 7) is 4.47. The van der Waals surface area contributed by atoms with Crippen molar-refractivity contribution in [2.75, 3.05) is 26.3 Å². The van der Waals surface area contributed by atoms with Gasteiger partial charge in [0.25, 0.3) is 5.91 Å². The summed E-state index contributed by atoms with van der Waals surface area (Å²) in [4.78, 5) is 38.3. The number of hydrogen-bond donors (Lipinski definition) is 3. The first-order valence-corrected chi connectivity index (χ1v) is 10.9. The third kappa shape index (κ3) is 4.51. The molecule has 4 rings (SSSR count). The van der Waals surface area contributed by atoms with Crippen LogP contribution in [0.2, 0.25) is 0 Å². The molecular weight excluding hydrogens is 429 g/mol. The molecule has 3 N–H and O–H groups in total. The molecule has 3 aromatic rings. The lowest BCUT2D eigenvalue weighted by Crippen LogP contribution is -2.47. The SMILES string of the molecule is CCOc1ccc(F)cc1-c1ncnc2c(C(=O)NC3CCN(C(=O)CO)CC3)c(C)[nH]c12.